The number of benzene rings is 1. The fourth-order valence-corrected chi connectivity index (χ4v) is 3.18. The smallest absolute Gasteiger partial charge is 0.229 e. The van der Waals surface area contributed by atoms with Crippen molar-refractivity contribution in [3.8, 4) is 11.4 Å². The minimum atomic E-state index is -0.252. The van der Waals surface area contributed by atoms with Gasteiger partial charge in [0.05, 0.1) is 0 Å². The minimum absolute atomic E-state index is 0.252. The van der Waals surface area contributed by atoms with Crippen LogP contribution in [0.5, 0.6) is 0 Å². The van der Waals surface area contributed by atoms with Gasteiger partial charge in [-0.2, -0.15) is 9.78 Å². The fourth-order valence-electron chi connectivity index (χ4n) is 3.18. The van der Waals surface area contributed by atoms with E-state index in [-0.39, 0.29) is 5.82 Å². The fraction of sp³-hybridized carbons (Fsp3) is 0.471. The number of hydrogen-bond donors (Lipinski definition) is 0. The first-order chi connectivity index (χ1) is 12.2. The molecule has 0 amide bonds. The summed E-state index contributed by atoms with van der Waals surface area (Å²) in [4.78, 5) is 5.90. The Balaban J connectivity index is 1.47. The Labute approximate surface area is 144 Å². The third-order valence-electron chi connectivity index (χ3n) is 4.59. The molecule has 3 aromatic rings. The van der Waals surface area contributed by atoms with Gasteiger partial charge in [0.1, 0.15) is 12.4 Å². The third-order valence-corrected chi connectivity index (χ3v) is 4.59. The molecule has 0 unspecified atom stereocenters. The van der Waals surface area contributed by atoms with Gasteiger partial charge in [0.15, 0.2) is 5.82 Å². The van der Waals surface area contributed by atoms with E-state index < -0.39 is 0 Å². The Morgan fingerprint density at radius 1 is 1.24 bits per heavy atom. The number of nitrogens with zero attached hydrogens (tertiary/aromatic N) is 6. The zero-order valence-electron chi connectivity index (χ0n) is 14.0. The number of hydrogen-bond acceptors (Lipinski definition) is 6. The Hall–Kier alpha value is -2.64. The molecule has 2 heterocycles. The van der Waals surface area contributed by atoms with Crippen LogP contribution >= 0.6 is 0 Å². The van der Waals surface area contributed by atoms with Crippen LogP contribution in [0.25, 0.3) is 11.4 Å². The van der Waals surface area contributed by atoms with E-state index in [1.54, 1.807) is 19.1 Å². The maximum atomic E-state index is 13.4. The number of rotatable bonds is 4. The lowest BCUT2D eigenvalue weighted by Gasteiger charge is -2.17. The molecule has 0 radical (unpaired) electrons. The lowest BCUT2D eigenvalue weighted by Crippen LogP contribution is -2.07. The molecule has 7 nitrogen and oxygen atoms in total. The summed E-state index contributed by atoms with van der Waals surface area (Å²) in [7, 11) is 0. The summed E-state index contributed by atoms with van der Waals surface area (Å²) in [6.07, 6.45) is 5.93. The van der Waals surface area contributed by atoms with Gasteiger partial charge in [-0.05, 0) is 48.7 Å². The van der Waals surface area contributed by atoms with Crippen molar-refractivity contribution < 1.29 is 8.91 Å². The molecule has 0 bridgehead atoms. The molecule has 0 aliphatic heterocycles. The highest BCUT2D eigenvalue weighted by Gasteiger charge is 2.21. The van der Waals surface area contributed by atoms with Gasteiger partial charge in [-0.25, -0.2) is 4.39 Å². The topological polar surface area (TPSA) is 82.5 Å². The molecule has 4 rings (SSSR count). The SMILES string of the molecule is Cc1cc(-c2nnn(Cc3noc(C4CCCCC4)n3)n2)ccc1F. The molecule has 130 valence electrons. The van der Waals surface area contributed by atoms with Gasteiger partial charge in [0.25, 0.3) is 0 Å². The Bertz CT molecular complexity index is 868. The van der Waals surface area contributed by atoms with E-state index in [0.717, 1.165) is 18.4 Å². The molecule has 1 saturated carbocycles. The van der Waals surface area contributed by atoms with Crippen molar-refractivity contribution in [1.82, 2.24) is 30.3 Å². The molecule has 0 atom stereocenters. The molecule has 2 aromatic heterocycles. The van der Waals surface area contributed by atoms with Crippen molar-refractivity contribution in [2.24, 2.45) is 0 Å². The largest absolute Gasteiger partial charge is 0.339 e. The van der Waals surface area contributed by atoms with E-state index in [9.17, 15) is 4.39 Å². The van der Waals surface area contributed by atoms with Gasteiger partial charge in [-0.3, -0.25) is 0 Å². The van der Waals surface area contributed by atoms with Gasteiger partial charge < -0.3 is 4.52 Å². The first-order valence-corrected chi connectivity index (χ1v) is 8.56. The van der Waals surface area contributed by atoms with Crippen LogP contribution in [-0.2, 0) is 6.54 Å². The molecule has 1 fully saturated rings. The standard InChI is InChI=1S/C17H19FN6O/c1-11-9-13(7-8-14(11)18)16-20-23-24(21-16)10-15-19-17(25-22-15)12-5-3-2-4-6-12/h7-9,12H,2-6,10H2,1H3. The number of tetrazole rings is 1. The highest BCUT2D eigenvalue weighted by molar-refractivity contribution is 5.55. The van der Waals surface area contributed by atoms with Crippen LogP contribution in [0.3, 0.4) is 0 Å². The normalized spacial score (nSPS) is 15.6. The van der Waals surface area contributed by atoms with E-state index >= 15 is 0 Å². The summed E-state index contributed by atoms with van der Waals surface area (Å²) in [6.45, 7) is 2.00. The van der Waals surface area contributed by atoms with Crippen molar-refractivity contribution in [2.75, 3.05) is 0 Å². The van der Waals surface area contributed by atoms with Gasteiger partial charge in [0, 0.05) is 11.5 Å². The van der Waals surface area contributed by atoms with Gasteiger partial charge in [-0.15, -0.1) is 10.2 Å². The van der Waals surface area contributed by atoms with Gasteiger partial charge in [0.2, 0.25) is 11.7 Å². The monoisotopic (exact) mass is 342 g/mol. The van der Waals surface area contributed by atoms with Crippen LogP contribution < -0.4 is 0 Å². The zero-order valence-corrected chi connectivity index (χ0v) is 14.0. The molecule has 1 aliphatic rings. The zero-order chi connectivity index (χ0) is 17.2. The average molecular weight is 342 g/mol. The molecule has 0 saturated heterocycles. The second kappa shape index (κ2) is 6.70. The average Bonchev–Trinajstić information content (AvgIpc) is 3.28. The number of halogens is 1. The molecule has 25 heavy (non-hydrogen) atoms. The Morgan fingerprint density at radius 3 is 2.88 bits per heavy atom. The van der Waals surface area contributed by atoms with E-state index in [1.807, 2.05) is 0 Å². The molecule has 1 aromatic carbocycles. The lowest BCUT2D eigenvalue weighted by molar-refractivity contribution is 0.311. The predicted octanol–water partition coefficient (Wildman–Crippen LogP) is 3.27. The maximum absolute atomic E-state index is 13.4. The Morgan fingerprint density at radius 2 is 2.08 bits per heavy atom. The second-order valence-electron chi connectivity index (χ2n) is 6.49. The van der Waals surface area contributed by atoms with Crippen LogP contribution in [0.4, 0.5) is 4.39 Å². The summed E-state index contributed by atoms with van der Waals surface area (Å²) >= 11 is 0. The van der Waals surface area contributed by atoms with Crippen molar-refractivity contribution >= 4 is 0 Å². The molecule has 0 N–H and O–H groups in total. The van der Waals surface area contributed by atoms with Crippen molar-refractivity contribution in [1.29, 1.82) is 0 Å². The van der Waals surface area contributed by atoms with E-state index in [2.05, 4.69) is 25.6 Å². The predicted molar refractivity (Wildman–Crippen MR) is 87.2 cm³/mol. The number of aryl methyl sites for hydroxylation is 1. The van der Waals surface area contributed by atoms with Gasteiger partial charge >= 0.3 is 0 Å². The molecular formula is C17H19FN6O. The first-order valence-electron chi connectivity index (χ1n) is 8.56. The third kappa shape index (κ3) is 3.42. The van der Waals surface area contributed by atoms with E-state index in [1.165, 1.54) is 30.1 Å². The lowest BCUT2D eigenvalue weighted by atomic mass is 9.89. The summed E-state index contributed by atoms with van der Waals surface area (Å²) in [5, 5.41) is 16.4. The number of aromatic nitrogens is 6. The summed E-state index contributed by atoms with van der Waals surface area (Å²) < 4.78 is 18.8. The van der Waals surface area contributed by atoms with Gasteiger partial charge in [-0.1, -0.05) is 24.4 Å². The highest BCUT2D eigenvalue weighted by atomic mass is 19.1. The van der Waals surface area contributed by atoms with Crippen LogP contribution in [0.15, 0.2) is 22.7 Å². The van der Waals surface area contributed by atoms with Crippen molar-refractivity contribution in [3.63, 3.8) is 0 Å². The molecule has 0 spiro atoms. The van der Waals surface area contributed by atoms with E-state index in [0.29, 0.717) is 35.6 Å². The highest BCUT2D eigenvalue weighted by Crippen LogP contribution is 2.31. The molecule has 1 aliphatic carbocycles. The maximum Gasteiger partial charge on any atom is 0.229 e. The van der Waals surface area contributed by atoms with Crippen LogP contribution in [0.1, 0.15) is 55.3 Å². The summed E-state index contributed by atoms with van der Waals surface area (Å²) in [5.41, 5.74) is 1.27. The quantitative estimate of drug-likeness (QED) is 0.724. The minimum Gasteiger partial charge on any atom is -0.339 e. The molecular weight excluding hydrogens is 323 g/mol. The van der Waals surface area contributed by atoms with Crippen LogP contribution in [0, 0.1) is 12.7 Å². The second-order valence-corrected chi connectivity index (χ2v) is 6.49. The van der Waals surface area contributed by atoms with Crippen molar-refractivity contribution in [3.05, 3.63) is 41.3 Å². The molecule has 8 heteroatoms. The van der Waals surface area contributed by atoms with E-state index in [4.69, 9.17) is 4.52 Å². The summed E-state index contributed by atoms with van der Waals surface area (Å²) in [6, 6.07) is 4.74. The van der Waals surface area contributed by atoms with Crippen molar-refractivity contribution in [2.45, 2.75) is 51.5 Å². The first kappa shape index (κ1) is 15.9. The van der Waals surface area contributed by atoms with Crippen LogP contribution in [0.2, 0.25) is 0 Å². The van der Waals surface area contributed by atoms with Crippen LogP contribution in [-0.4, -0.2) is 30.3 Å². The Kier molecular flexibility index (Phi) is 4.25. The summed E-state index contributed by atoms with van der Waals surface area (Å²) in [5.74, 6) is 1.82.